The lowest BCUT2D eigenvalue weighted by Gasteiger charge is -2.13. The van der Waals surface area contributed by atoms with Gasteiger partial charge in [0, 0.05) is 12.1 Å². The predicted molar refractivity (Wildman–Crippen MR) is 122 cm³/mol. The molecule has 1 N–H and O–H groups in total. The third-order valence-corrected chi connectivity index (χ3v) is 5.47. The number of imide groups is 1. The number of thioether (sulfide) groups is 1. The van der Waals surface area contributed by atoms with Crippen molar-refractivity contribution in [2.45, 2.75) is 27.4 Å². The number of hydrogen-bond acceptors (Lipinski definition) is 5. The van der Waals surface area contributed by atoms with E-state index < -0.39 is 11.1 Å². The number of benzene rings is 2. The van der Waals surface area contributed by atoms with Crippen molar-refractivity contribution >= 4 is 34.9 Å². The van der Waals surface area contributed by atoms with Crippen LogP contribution >= 0.6 is 11.8 Å². The molecule has 7 heteroatoms. The first-order valence-corrected chi connectivity index (χ1v) is 10.9. The lowest BCUT2D eigenvalue weighted by molar-refractivity contribution is -0.129. The third-order valence-electron chi connectivity index (χ3n) is 4.57. The zero-order valence-corrected chi connectivity index (χ0v) is 18.7. The molecular weight excluding hydrogens is 412 g/mol. The van der Waals surface area contributed by atoms with Crippen molar-refractivity contribution in [2.75, 3.05) is 13.1 Å². The highest BCUT2D eigenvalue weighted by Gasteiger charge is 2.36. The molecule has 1 saturated heterocycles. The molecule has 1 heterocycles. The van der Waals surface area contributed by atoms with E-state index in [1.807, 2.05) is 63.2 Å². The fourth-order valence-corrected chi connectivity index (χ4v) is 3.82. The average molecular weight is 439 g/mol. The molecule has 0 aromatic heterocycles. The molecule has 3 rings (SSSR count). The average Bonchev–Trinajstić information content (AvgIpc) is 2.99. The first-order valence-electron chi connectivity index (χ1n) is 10.1. The Morgan fingerprint density at radius 1 is 1.16 bits per heavy atom. The zero-order valence-electron chi connectivity index (χ0n) is 17.9. The third kappa shape index (κ3) is 6.21. The van der Waals surface area contributed by atoms with Gasteiger partial charge in [-0.25, -0.2) is 0 Å². The van der Waals surface area contributed by atoms with Gasteiger partial charge in [0.2, 0.25) is 5.91 Å². The van der Waals surface area contributed by atoms with Crippen LogP contribution in [0.4, 0.5) is 4.79 Å². The summed E-state index contributed by atoms with van der Waals surface area (Å²) in [5.74, 6) is 0.0860. The summed E-state index contributed by atoms with van der Waals surface area (Å²) in [7, 11) is 0. The van der Waals surface area contributed by atoms with Crippen molar-refractivity contribution in [2.24, 2.45) is 5.92 Å². The number of para-hydroxylation sites is 1. The highest BCUT2D eigenvalue weighted by atomic mass is 32.2. The lowest BCUT2D eigenvalue weighted by Crippen LogP contribution is -2.40. The zero-order chi connectivity index (χ0) is 22.4. The monoisotopic (exact) mass is 438 g/mol. The minimum atomic E-state index is -0.469. The molecule has 31 heavy (non-hydrogen) atoms. The van der Waals surface area contributed by atoms with Crippen molar-refractivity contribution in [3.8, 4) is 5.75 Å². The van der Waals surface area contributed by atoms with Gasteiger partial charge in [-0.05, 0) is 42.3 Å². The Morgan fingerprint density at radius 2 is 1.94 bits per heavy atom. The Balaban J connectivity index is 1.71. The molecule has 1 fully saturated rings. The van der Waals surface area contributed by atoms with Crippen LogP contribution in [-0.4, -0.2) is 35.0 Å². The summed E-state index contributed by atoms with van der Waals surface area (Å²) < 4.78 is 5.97. The maximum atomic E-state index is 12.7. The van der Waals surface area contributed by atoms with Gasteiger partial charge in [0.15, 0.2) is 0 Å². The van der Waals surface area contributed by atoms with Gasteiger partial charge < -0.3 is 10.1 Å². The van der Waals surface area contributed by atoms with E-state index in [0.29, 0.717) is 24.5 Å². The molecule has 0 atom stereocenters. The normalized spacial score (nSPS) is 15.1. The van der Waals surface area contributed by atoms with Crippen LogP contribution in [0.3, 0.4) is 0 Å². The molecule has 0 saturated carbocycles. The molecule has 0 bridgehead atoms. The van der Waals surface area contributed by atoms with E-state index in [2.05, 4.69) is 11.4 Å². The highest BCUT2D eigenvalue weighted by Crippen LogP contribution is 2.34. The van der Waals surface area contributed by atoms with Crippen molar-refractivity contribution in [3.63, 3.8) is 0 Å². The van der Waals surface area contributed by atoms with Crippen molar-refractivity contribution < 1.29 is 19.1 Å². The number of carbonyl (C=O) groups is 3. The number of rotatable bonds is 8. The molecular formula is C24H26N2O4S. The smallest absolute Gasteiger partial charge is 0.294 e. The van der Waals surface area contributed by atoms with E-state index in [1.54, 1.807) is 6.08 Å². The number of carbonyl (C=O) groups excluding carboxylic acids is 3. The second kappa shape index (κ2) is 10.3. The molecule has 1 aliphatic heterocycles. The SMILES string of the molecule is Cc1cccc(COc2ccccc2/C=C2\SC(=O)N(CC(=O)NCC(C)C)C2=O)c1. The van der Waals surface area contributed by atoms with E-state index in [-0.39, 0.29) is 23.3 Å². The summed E-state index contributed by atoms with van der Waals surface area (Å²) in [4.78, 5) is 38.3. The van der Waals surface area contributed by atoms with Gasteiger partial charge in [-0.3, -0.25) is 19.3 Å². The Labute approximate surface area is 186 Å². The van der Waals surface area contributed by atoms with Gasteiger partial charge in [0.05, 0.1) is 4.91 Å². The summed E-state index contributed by atoms with van der Waals surface area (Å²) in [6.45, 7) is 6.58. The van der Waals surface area contributed by atoms with Crippen LogP contribution in [0.5, 0.6) is 5.75 Å². The molecule has 2 aromatic carbocycles. The van der Waals surface area contributed by atoms with Gasteiger partial charge in [0.25, 0.3) is 11.1 Å². The topological polar surface area (TPSA) is 75.7 Å². The Bertz CT molecular complexity index is 1020. The van der Waals surface area contributed by atoms with Gasteiger partial charge in [-0.1, -0.05) is 61.9 Å². The van der Waals surface area contributed by atoms with E-state index in [9.17, 15) is 14.4 Å². The molecule has 0 aliphatic carbocycles. The van der Waals surface area contributed by atoms with Crippen LogP contribution < -0.4 is 10.1 Å². The second-order valence-corrected chi connectivity index (χ2v) is 8.77. The lowest BCUT2D eigenvalue weighted by atomic mass is 10.1. The summed E-state index contributed by atoms with van der Waals surface area (Å²) in [6, 6.07) is 15.4. The van der Waals surface area contributed by atoms with Crippen molar-refractivity contribution in [3.05, 3.63) is 70.1 Å². The number of aryl methyl sites for hydroxylation is 1. The summed E-state index contributed by atoms with van der Waals surface area (Å²) >= 11 is 0.831. The fraction of sp³-hybridized carbons (Fsp3) is 0.292. The second-order valence-electron chi connectivity index (χ2n) is 7.78. The summed E-state index contributed by atoms with van der Waals surface area (Å²) in [5.41, 5.74) is 2.90. The minimum Gasteiger partial charge on any atom is -0.488 e. The number of amides is 3. The van der Waals surface area contributed by atoms with Crippen LogP contribution in [0.15, 0.2) is 53.4 Å². The van der Waals surface area contributed by atoms with Gasteiger partial charge >= 0.3 is 0 Å². The van der Waals surface area contributed by atoms with Crippen molar-refractivity contribution in [1.29, 1.82) is 0 Å². The number of hydrogen-bond donors (Lipinski definition) is 1. The first kappa shape index (κ1) is 22.6. The number of nitrogens with zero attached hydrogens (tertiary/aromatic N) is 1. The Kier molecular flexibility index (Phi) is 7.52. The maximum Gasteiger partial charge on any atom is 0.294 e. The van der Waals surface area contributed by atoms with Crippen molar-refractivity contribution in [1.82, 2.24) is 10.2 Å². The number of ether oxygens (including phenoxy) is 1. The van der Waals surface area contributed by atoms with E-state index in [1.165, 1.54) is 0 Å². The highest BCUT2D eigenvalue weighted by molar-refractivity contribution is 8.18. The predicted octanol–water partition coefficient (Wildman–Crippen LogP) is 4.38. The molecule has 0 unspecified atom stereocenters. The number of nitrogens with one attached hydrogen (secondary N) is 1. The quantitative estimate of drug-likeness (QED) is 0.619. The van der Waals surface area contributed by atoms with Crippen LogP contribution in [0.2, 0.25) is 0 Å². The maximum absolute atomic E-state index is 12.7. The Morgan fingerprint density at radius 3 is 2.68 bits per heavy atom. The molecule has 3 amide bonds. The van der Waals surface area contributed by atoms with E-state index in [0.717, 1.165) is 27.8 Å². The summed E-state index contributed by atoms with van der Waals surface area (Å²) in [6.07, 6.45) is 1.64. The van der Waals surface area contributed by atoms with Crippen LogP contribution in [0.1, 0.15) is 30.5 Å². The first-order chi connectivity index (χ1) is 14.8. The molecule has 0 spiro atoms. The van der Waals surface area contributed by atoms with Gasteiger partial charge in [0.1, 0.15) is 18.9 Å². The Hall–Kier alpha value is -3.06. The van der Waals surface area contributed by atoms with Crippen LogP contribution in [0, 0.1) is 12.8 Å². The molecule has 0 radical (unpaired) electrons. The van der Waals surface area contributed by atoms with Gasteiger partial charge in [-0.15, -0.1) is 0 Å². The van der Waals surface area contributed by atoms with E-state index in [4.69, 9.17) is 4.74 Å². The summed E-state index contributed by atoms with van der Waals surface area (Å²) in [5, 5.41) is 2.28. The van der Waals surface area contributed by atoms with Gasteiger partial charge in [-0.2, -0.15) is 0 Å². The largest absolute Gasteiger partial charge is 0.488 e. The van der Waals surface area contributed by atoms with Crippen LogP contribution in [-0.2, 0) is 16.2 Å². The minimum absolute atomic E-state index is 0.272. The van der Waals surface area contributed by atoms with Crippen LogP contribution in [0.25, 0.3) is 6.08 Å². The molecule has 162 valence electrons. The molecule has 6 nitrogen and oxygen atoms in total. The van der Waals surface area contributed by atoms with E-state index >= 15 is 0 Å². The molecule has 1 aliphatic rings. The standard InChI is InChI=1S/C24H26N2O4S/c1-16(2)13-25-22(27)14-26-23(28)21(31-24(26)29)12-19-9-4-5-10-20(19)30-15-18-8-6-7-17(3)11-18/h4-12,16H,13-15H2,1-3H3,(H,25,27)/b21-12-. The fourth-order valence-electron chi connectivity index (χ4n) is 2.99. The molecule has 2 aromatic rings.